The summed E-state index contributed by atoms with van der Waals surface area (Å²) in [5, 5.41) is 6.19. The average molecular weight is 375 g/mol. The topological polar surface area (TPSA) is 109 Å². The first-order chi connectivity index (χ1) is 12.8. The van der Waals surface area contributed by atoms with Gasteiger partial charge in [0.25, 0.3) is 5.91 Å². The van der Waals surface area contributed by atoms with Crippen LogP contribution in [0.1, 0.15) is 39.5 Å². The maximum Gasteiger partial charge on any atom is 0.273 e. The predicted molar refractivity (Wildman–Crippen MR) is 104 cm³/mol. The Hall–Kier alpha value is -2.77. The van der Waals surface area contributed by atoms with Gasteiger partial charge in [0.1, 0.15) is 17.1 Å². The van der Waals surface area contributed by atoms with E-state index in [1.54, 1.807) is 24.2 Å². The summed E-state index contributed by atoms with van der Waals surface area (Å²) in [6.07, 6.45) is 10.9. The molecule has 148 valence electrons. The van der Waals surface area contributed by atoms with Crippen molar-refractivity contribution in [3.63, 3.8) is 0 Å². The smallest absolute Gasteiger partial charge is 0.273 e. The first-order valence-corrected chi connectivity index (χ1v) is 8.99. The van der Waals surface area contributed by atoms with Gasteiger partial charge in [0.2, 0.25) is 0 Å². The number of allylic oxidation sites excluding steroid dienone is 2. The second kappa shape index (κ2) is 8.28. The Bertz CT molecular complexity index is 700. The lowest BCUT2D eigenvalue weighted by Crippen LogP contribution is -2.44. The van der Waals surface area contributed by atoms with E-state index in [1.807, 2.05) is 19.9 Å². The number of likely N-dealkylation sites (N-methyl/N-ethyl adjacent to an activating group) is 1. The van der Waals surface area contributed by atoms with Crippen LogP contribution >= 0.6 is 0 Å². The standard InChI is InChI=1S/C19H29N5O3/c1-18(2)23-17(26)16(24(18)3)15(27-4)11-14(12-25)22-19(7-5-6-8-19)9-10-21-13-20/h9-13,22H,5-8H2,1-4H3,(H2,20,21)(H,23,26)/b10-9-,14-11+,16-15+. The Morgan fingerprint density at radius 3 is 2.52 bits per heavy atom. The number of ether oxygens (including phenoxy) is 1. The minimum atomic E-state index is -0.533. The molecule has 2 rings (SSSR count). The van der Waals surface area contributed by atoms with Gasteiger partial charge in [-0.25, -0.2) is 4.99 Å². The Balaban J connectivity index is 2.37. The summed E-state index contributed by atoms with van der Waals surface area (Å²) >= 11 is 0. The molecule has 0 aromatic carbocycles. The molecule has 1 aliphatic carbocycles. The van der Waals surface area contributed by atoms with Gasteiger partial charge >= 0.3 is 0 Å². The van der Waals surface area contributed by atoms with Crippen LogP contribution in [0.4, 0.5) is 0 Å². The number of amides is 1. The molecule has 2 aliphatic rings. The fourth-order valence-electron chi connectivity index (χ4n) is 3.46. The largest absolute Gasteiger partial charge is 0.494 e. The average Bonchev–Trinajstić information content (AvgIpc) is 3.15. The third-order valence-electron chi connectivity index (χ3n) is 5.13. The molecule has 0 spiro atoms. The Morgan fingerprint density at radius 1 is 1.37 bits per heavy atom. The van der Waals surface area contributed by atoms with E-state index in [4.69, 9.17) is 10.5 Å². The molecule has 0 bridgehead atoms. The van der Waals surface area contributed by atoms with Gasteiger partial charge in [-0.1, -0.05) is 12.8 Å². The van der Waals surface area contributed by atoms with Crippen LogP contribution in [0.5, 0.6) is 0 Å². The molecule has 2 fully saturated rings. The van der Waals surface area contributed by atoms with Crippen molar-refractivity contribution in [2.24, 2.45) is 10.7 Å². The Morgan fingerprint density at radius 2 is 2.04 bits per heavy atom. The first-order valence-electron chi connectivity index (χ1n) is 8.99. The molecule has 8 heteroatoms. The summed E-state index contributed by atoms with van der Waals surface area (Å²) in [6.45, 7) is 3.79. The van der Waals surface area contributed by atoms with Crippen LogP contribution in [0.2, 0.25) is 0 Å². The van der Waals surface area contributed by atoms with E-state index in [-0.39, 0.29) is 11.4 Å². The van der Waals surface area contributed by atoms with E-state index in [9.17, 15) is 9.59 Å². The number of nitrogens with two attached hydrogens (primary N) is 1. The number of hydrogen-bond acceptors (Lipinski definition) is 6. The molecule has 1 heterocycles. The summed E-state index contributed by atoms with van der Waals surface area (Å²) in [7, 11) is 3.29. The molecule has 27 heavy (non-hydrogen) atoms. The summed E-state index contributed by atoms with van der Waals surface area (Å²) in [5.41, 5.74) is 5.11. The van der Waals surface area contributed by atoms with Gasteiger partial charge in [-0.05, 0) is 32.8 Å². The van der Waals surface area contributed by atoms with Crippen molar-refractivity contribution in [1.82, 2.24) is 15.5 Å². The molecule has 1 amide bonds. The first kappa shape index (κ1) is 20.5. The molecular weight excluding hydrogens is 346 g/mol. The van der Waals surface area contributed by atoms with Crippen molar-refractivity contribution in [2.45, 2.75) is 50.7 Å². The second-order valence-electron chi connectivity index (χ2n) is 7.31. The molecule has 1 aliphatic heterocycles. The highest BCUT2D eigenvalue weighted by molar-refractivity contribution is 5.96. The fraction of sp³-hybridized carbons (Fsp3) is 0.526. The molecule has 0 radical (unpaired) electrons. The number of carbonyl (C=O) groups is 2. The van der Waals surface area contributed by atoms with Gasteiger partial charge in [-0.3, -0.25) is 9.59 Å². The molecule has 1 saturated heterocycles. The van der Waals surface area contributed by atoms with Crippen molar-refractivity contribution in [3.8, 4) is 0 Å². The second-order valence-corrected chi connectivity index (χ2v) is 7.31. The number of nitrogens with zero attached hydrogens (tertiary/aromatic N) is 2. The zero-order chi connectivity index (χ0) is 20.1. The van der Waals surface area contributed by atoms with Crippen molar-refractivity contribution in [3.05, 3.63) is 35.5 Å². The highest BCUT2D eigenvalue weighted by Gasteiger charge is 2.40. The fourth-order valence-corrected chi connectivity index (χ4v) is 3.46. The number of aldehydes is 1. The van der Waals surface area contributed by atoms with E-state index < -0.39 is 5.66 Å². The van der Waals surface area contributed by atoms with Crippen LogP contribution in [0.25, 0.3) is 0 Å². The third kappa shape index (κ3) is 4.50. The highest BCUT2D eigenvalue weighted by atomic mass is 16.5. The maximum atomic E-state index is 12.4. The van der Waals surface area contributed by atoms with Crippen molar-refractivity contribution in [1.29, 1.82) is 0 Å². The summed E-state index contributed by atoms with van der Waals surface area (Å²) in [4.78, 5) is 29.8. The highest BCUT2D eigenvalue weighted by Crippen LogP contribution is 2.32. The minimum absolute atomic E-state index is 0.242. The lowest BCUT2D eigenvalue weighted by atomic mass is 9.97. The maximum absolute atomic E-state index is 12.4. The number of rotatable bonds is 7. The normalized spacial score (nSPS) is 23.8. The van der Waals surface area contributed by atoms with Crippen molar-refractivity contribution >= 4 is 18.5 Å². The molecule has 0 aromatic heterocycles. The number of aliphatic imine (C=N–C) groups is 1. The van der Waals surface area contributed by atoms with Gasteiger partial charge in [0.05, 0.1) is 24.7 Å². The molecule has 0 unspecified atom stereocenters. The third-order valence-corrected chi connectivity index (χ3v) is 5.13. The van der Waals surface area contributed by atoms with Crippen LogP contribution < -0.4 is 16.4 Å². The van der Waals surface area contributed by atoms with Gasteiger partial charge < -0.3 is 26.0 Å². The lowest BCUT2D eigenvalue weighted by Gasteiger charge is -2.29. The minimum Gasteiger partial charge on any atom is -0.494 e. The van der Waals surface area contributed by atoms with Crippen LogP contribution in [0, 0.1) is 0 Å². The molecule has 0 aromatic rings. The van der Waals surface area contributed by atoms with Crippen LogP contribution in [-0.2, 0) is 14.3 Å². The SMILES string of the molecule is COC(/C=C(\C=O)NC1(/C=C\N=C/N)CCCC1)=C1\C(=O)NC(C)(C)N1C. The molecule has 1 saturated carbocycles. The Kier molecular flexibility index (Phi) is 6.30. The van der Waals surface area contributed by atoms with E-state index in [0.29, 0.717) is 17.2 Å². The van der Waals surface area contributed by atoms with Crippen LogP contribution in [-0.4, -0.2) is 48.8 Å². The van der Waals surface area contributed by atoms with Gasteiger partial charge in [0.15, 0.2) is 6.29 Å². The van der Waals surface area contributed by atoms with Gasteiger partial charge in [-0.15, -0.1) is 0 Å². The van der Waals surface area contributed by atoms with Crippen LogP contribution in [0.3, 0.4) is 0 Å². The quantitative estimate of drug-likeness (QED) is 0.202. The molecular formula is C19H29N5O3. The van der Waals surface area contributed by atoms with Crippen LogP contribution in [0.15, 0.2) is 40.5 Å². The van der Waals surface area contributed by atoms with E-state index in [2.05, 4.69) is 15.6 Å². The number of nitrogens with one attached hydrogen (secondary N) is 2. The molecule has 0 atom stereocenters. The van der Waals surface area contributed by atoms with Gasteiger partial charge in [0, 0.05) is 19.3 Å². The number of carbonyl (C=O) groups excluding carboxylic acids is 2. The van der Waals surface area contributed by atoms with Crippen molar-refractivity contribution < 1.29 is 14.3 Å². The van der Waals surface area contributed by atoms with E-state index >= 15 is 0 Å². The lowest BCUT2D eigenvalue weighted by molar-refractivity contribution is -0.117. The van der Waals surface area contributed by atoms with Crippen molar-refractivity contribution in [2.75, 3.05) is 14.2 Å². The number of hydrogen-bond donors (Lipinski definition) is 3. The Labute approximate surface area is 160 Å². The molecule has 8 nitrogen and oxygen atoms in total. The summed E-state index contributed by atoms with van der Waals surface area (Å²) < 4.78 is 5.44. The van der Waals surface area contributed by atoms with E-state index in [1.165, 1.54) is 13.4 Å². The monoisotopic (exact) mass is 375 g/mol. The number of methoxy groups -OCH3 is 1. The van der Waals surface area contributed by atoms with Gasteiger partial charge in [-0.2, -0.15) is 0 Å². The summed E-state index contributed by atoms with van der Waals surface area (Å²) in [6, 6.07) is 0. The van der Waals surface area contributed by atoms with E-state index in [0.717, 1.165) is 32.0 Å². The zero-order valence-corrected chi connectivity index (χ0v) is 16.4. The molecule has 4 N–H and O–H groups in total. The summed E-state index contributed by atoms with van der Waals surface area (Å²) in [5.74, 6) is 0.0842. The zero-order valence-electron chi connectivity index (χ0n) is 16.4. The predicted octanol–water partition coefficient (Wildman–Crippen LogP) is 1.13.